The van der Waals surface area contributed by atoms with Crippen molar-refractivity contribution in [2.45, 2.75) is 44.7 Å². The third kappa shape index (κ3) is 2.97. The minimum Gasteiger partial charge on any atom is -0.395 e. The van der Waals surface area contributed by atoms with E-state index in [1.165, 1.54) is 4.90 Å². The fourth-order valence-corrected chi connectivity index (χ4v) is 3.48. The van der Waals surface area contributed by atoms with Crippen LogP contribution in [-0.4, -0.2) is 55.4 Å². The summed E-state index contributed by atoms with van der Waals surface area (Å²) in [5.41, 5.74) is 2.24. The molecular formula is C19H21N5O4. The van der Waals surface area contributed by atoms with E-state index < -0.39 is 17.4 Å². The molecule has 3 heterocycles. The molecule has 2 aromatic rings. The number of carbonyl (C=O) groups is 3. The van der Waals surface area contributed by atoms with Gasteiger partial charge in [0.05, 0.1) is 24.2 Å². The molecule has 9 nitrogen and oxygen atoms in total. The van der Waals surface area contributed by atoms with Gasteiger partial charge in [0.15, 0.2) is 0 Å². The number of carbonyl (C=O) groups excluding carboxylic acids is 3. The fourth-order valence-electron chi connectivity index (χ4n) is 3.48. The Morgan fingerprint density at radius 1 is 1.29 bits per heavy atom. The van der Waals surface area contributed by atoms with E-state index >= 15 is 0 Å². The highest BCUT2D eigenvalue weighted by Gasteiger charge is 2.39. The maximum Gasteiger partial charge on any atom is 0.255 e. The first-order valence-electron chi connectivity index (χ1n) is 9.12. The normalized spacial score (nSPS) is 19.8. The molecule has 0 spiro atoms. The lowest BCUT2D eigenvalue weighted by Gasteiger charge is -2.29. The second kappa shape index (κ2) is 6.52. The Labute approximate surface area is 161 Å². The van der Waals surface area contributed by atoms with Gasteiger partial charge in [-0.25, -0.2) is 4.68 Å². The number of aliphatic hydroxyl groups is 1. The molecule has 9 heteroatoms. The van der Waals surface area contributed by atoms with Crippen LogP contribution in [0.15, 0.2) is 24.4 Å². The molecule has 0 aliphatic carbocycles. The van der Waals surface area contributed by atoms with Gasteiger partial charge in [-0.1, -0.05) is 19.1 Å². The minimum atomic E-state index is -0.635. The highest BCUT2D eigenvalue weighted by atomic mass is 16.3. The fraction of sp³-hybridized carbons (Fsp3) is 0.421. The molecular weight excluding hydrogens is 362 g/mol. The van der Waals surface area contributed by atoms with Gasteiger partial charge < -0.3 is 10.0 Å². The molecule has 1 unspecified atom stereocenters. The number of piperidine rings is 1. The quantitative estimate of drug-likeness (QED) is 0.733. The number of hydrogen-bond donors (Lipinski definition) is 2. The van der Waals surface area contributed by atoms with E-state index in [9.17, 15) is 19.5 Å². The molecule has 1 atom stereocenters. The summed E-state index contributed by atoms with van der Waals surface area (Å²) in [6.45, 7) is 4.00. The first-order chi connectivity index (χ1) is 13.3. The predicted octanol–water partition coefficient (Wildman–Crippen LogP) is 0.298. The van der Waals surface area contributed by atoms with Crippen LogP contribution in [0.1, 0.15) is 48.3 Å². The Morgan fingerprint density at radius 2 is 2.07 bits per heavy atom. The summed E-state index contributed by atoms with van der Waals surface area (Å²) < 4.78 is 1.60. The highest BCUT2D eigenvalue weighted by molar-refractivity contribution is 6.05. The van der Waals surface area contributed by atoms with Gasteiger partial charge in [-0.15, -0.1) is 5.10 Å². The molecule has 0 radical (unpaired) electrons. The predicted molar refractivity (Wildman–Crippen MR) is 97.5 cm³/mol. The summed E-state index contributed by atoms with van der Waals surface area (Å²) in [6.07, 6.45) is 2.32. The molecule has 2 aliphatic heterocycles. The molecule has 1 saturated heterocycles. The maximum absolute atomic E-state index is 12.7. The second-order valence-corrected chi connectivity index (χ2v) is 7.83. The lowest BCUT2D eigenvalue weighted by atomic mass is 9.91. The Bertz CT molecular complexity index is 980. The van der Waals surface area contributed by atoms with E-state index in [1.54, 1.807) is 23.0 Å². The number of aliphatic hydroxyl groups excluding tert-OH is 1. The van der Waals surface area contributed by atoms with Crippen LogP contribution < -0.4 is 5.32 Å². The number of benzene rings is 1. The third-order valence-electron chi connectivity index (χ3n) is 5.35. The van der Waals surface area contributed by atoms with Crippen LogP contribution in [0.3, 0.4) is 0 Å². The van der Waals surface area contributed by atoms with Gasteiger partial charge in [-0.05, 0) is 30.2 Å². The third-order valence-corrected chi connectivity index (χ3v) is 5.35. The number of aromatic nitrogens is 3. The zero-order chi connectivity index (χ0) is 20.1. The molecule has 2 N–H and O–H groups in total. The van der Waals surface area contributed by atoms with Crippen LogP contribution in [0.5, 0.6) is 0 Å². The number of nitrogens with zero attached hydrogens (tertiary/aromatic N) is 4. The van der Waals surface area contributed by atoms with E-state index in [0.29, 0.717) is 24.2 Å². The molecule has 3 amide bonds. The van der Waals surface area contributed by atoms with Crippen molar-refractivity contribution >= 4 is 17.7 Å². The number of rotatable bonds is 4. The second-order valence-electron chi connectivity index (χ2n) is 7.83. The van der Waals surface area contributed by atoms with Gasteiger partial charge in [-0.2, -0.15) is 0 Å². The lowest BCUT2D eigenvalue weighted by Crippen LogP contribution is -2.52. The largest absolute Gasteiger partial charge is 0.395 e. The molecule has 0 bridgehead atoms. The summed E-state index contributed by atoms with van der Waals surface area (Å²) in [7, 11) is 0. The van der Waals surface area contributed by atoms with Crippen LogP contribution in [-0.2, 0) is 21.5 Å². The topological polar surface area (TPSA) is 117 Å². The zero-order valence-electron chi connectivity index (χ0n) is 15.7. The van der Waals surface area contributed by atoms with E-state index in [2.05, 4.69) is 15.6 Å². The van der Waals surface area contributed by atoms with Crippen molar-refractivity contribution in [2.24, 2.45) is 0 Å². The van der Waals surface area contributed by atoms with E-state index in [0.717, 1.165) is 11.3 Å². The number of fused-ring (bicyclic) bond motifs is 1. The van der Waals surface area contributed by atoms with E-state index in [1.807, 2.05) is 19.9 Å². The first kappa shape index (κ1) is 18.3. The highest BCUT2D eigenvalue weighted by Crippen LogP contribution is 2.29. The van der Waals surface area contributed by atoms with E-state index in [-0.39, 0.29) is 24.8 Å². The van der Waals surface area contributed by atoms with Crippen LogP contribution in [0.25, 0.3) is 5.69 Å². The van der Waals surface area contributed by atoms with Crippen molar-refractivity contribution in [1.29, 1.82) is 0 Å². The van der Waals surface area contributed by atoms with Gasteiger partial charge in [0, 0.05) is 23.9 Å². The van der Waals surface area contributed by atoms with Gasteiger partial charge in [-0.3, -0.25) is 19.7 Å². The summed E-state index contributed by atoms with van der Waals surface area (Å²) in [5, 5.41) is 20.1. The van der Waals surface area contributed by atoms with Crippen LogP contribution in [0.4, 0.5) is 0 Å². The molecule has 2 aliphatic rings. The van der Waals surface area contributed by atoms with Crippen molar-refractivity contribution in [2.75, 3.05) is 6.61 Å². The number of imide groups is 1. The Balaban J connectivity index is 1.59. The zero-order valence-corrected chi connectivity index (χ0v) is 15.7. The monoisotopic (exact) mass is 383 g/mol. The van der Waals surface area contributed by atoms with Gasteiger partial charge in [0.2, 0.25) is 11.8 Å². The first-order valence-corrected chi connectivity index (χ1v) is 9.12. The standard InChI is InChI=1S/C19H21N5O4/c1-19(2,10-25)15-9-24(22-21-15)12-3-4-13-11(7-12)8-23(18(13)28)14-5-6-16(26)20-17(14)27/h3-4,7,9,14,25H,5-6,8,10H2,1-2H3,(H,20,26,27). The average Bonchev–Trinajstić information content (AvgIpc) is 3.28. The van der Waals surface area contributed by atoms with Crippen LogP contribution >= 0.6 is 0 Å². The van der Waals surface area contributed by atoms with Crippen LogP contribution in [0.2, 0.25) is 0 Å². The smallest absolute Gasteiger partial charge is 0.255 e. The molecule has 4 rings (SSSR count). The number of hydrogen-bond acceptors (Lipinski definition) is 6. The molecule has 146 valence electrons. The maximum atomic E-state index is 12.7. The average molecular weight is 383 g/mol. The number of nitrogens with one attached hydrogen (secondary N) is 1. The number of amides is 3. The van der Waals surface area contributed by atoms with Crippen molar-refractivity contribution in [3.05, 3.63) is 41.2 Å². The van der Waals surface area contributed by atoms with Crippen molar-refractivity contribution in [1.82, 2.24) is 25.2 Å². The molecule has 1 aromatic carbocycles. The summed E-state index contributed by atoms with van der Waals surface area (Å²) in [5.74, 6) is -0.943. The van der Waals surface area contributed by atoms with Crippen molar-refractivity contribution < 1.29 is 19.5 Å². The van der Waals surface area contributed by atoms with Crippen molar-refractivity contribution in [3.63, 3.8) is 0 Å². The molecule has 28 heavy (non-hydrogen) atoms. The summed E-state index contributed by atoms with van der Waals surface area (Å²) >= 11 is 0. The SMILES string of the molecule is CC(C)(CO)c1cn(-c2ccc3c(c2)CN(C2CCC(=O)NC2=O)C3=O)nn1. The van der Waals surface area contributed by atoms with Gasteiger partial charge in [0.1, 0.15) is 6.04 Å². The van der Waals surface area contributed by atoms with Gasteiger partial charge in [0.25, 0.3) is 5.91 Å². The molecule has 1 aromatic heterocycles. The summed E-state index contributed by atoms with van der Waals surface area (Å²) in [4.78, 5) is 37.8. The van der Waals surface area contributed by atoms with E-state index in [4.69, 9.17) is 0 Å². The summed E-state index contributed by atoms with van der Waals surface area (Å²) in [6, 6.07) is 4.71. The molecule has 0 saturated carbocycles. The molecule has 1 fully saturated rings. The lowest BCUT2D eigenvalue weighted by molar-refractivity contribution is -0.136. The minimum absolute atomic E-state index is 0.0503. The van der Waals surface area contributed by atoms with Crippen LogP contribution in [0, 0.1) is 0 Å². The Morgan fingerprint density at radius 3 is 2.79 bits per heavy atom. The Kier molecular flexibility index (Phi) is 4.26. The Hall–Kier alpha value is -3.07. The van der Waals surface area contributed by atoms with Crippen molar-refractivity contribution in [3.8, 4) is 5.69 Å². The van der Waals surface area contributed by atoms with Gasteiger partial charge >= 0.3 is 0 Å².